The highest BCUT2D eigenvalue weighted by atomic mass is 16.4. The van der Waals surface area contributed by atoms with Crippen LogP contribution in [0.25, 0.3) is 0 Å². The standard InChI is InChI=1S/C12H20N2O5/c1-2-8-5-6-14(7-8)12(19)13-9(11(17)18)3-4-10(15)16/h8-9H,2-7H2,1H3,(H,13,19)(H,15,16)(H,17,18). The molecular formula is C12H20N2O5. The highest BCUT2D eigenvalue weighted by Crippen LogP contribution is 2.19. The zero-order chi connectivity index (χ0) is 14.4. The van der Waals surface area contributed by atoms with Gasteiger partial charge in [0, 0.05) is 19.5 Å². The Hall–Kier alpha value is -1.79. The number of hydrogen-bond donors (Lipinski definition) is 3. The predicted molar refractivity (Wildman–Crippen MR) is 66.8 cm³/mol. The summed E-state index contributed by atoms with van der Waals surface area (Å²) in [4.78, 5) is 34.8. The Labute approximate surface area is 111 Å². The molecule has 1 aliphatic rings. The SMILES string of the molecule is CCC1CCN(C(=O)NC(CCC(=O)O)C(=O)O)C1. The molecule has 2 amide bonds. The number of nitrogens with one attached hydrogen (secondary N) is 1. The summed E-state index contributed by atoms with van der Waals surface area (Å²) in [6, 6.07) is -1.57. The summed E-state index contributed by atoms with van der Waals surface area (Å²) in [7, 11) is 0. The number of amides is 2. The molecule has 2 unspecified atom stereocenters. The fraction of sp³-hybridized carbons (Fsp3) is 0.750. The van der Waals surface area contributed by atoms with Crippen LogP contribution in [0.4, 0.5) is 4.79 Å². The van der Waals surface area contributed by atoms with Gasteiger partial charge in [-0.1, -0.05) is 13.3 Å². The van der Waals surface area contributed by atoms with Gasteiger partial charge in [0.15, 0.2) is 0 Å². The maximum atomic E-state index is 11.9. The van der Waals surface area contributed by atoms with Gasteiger partial charge in [-0.05, 0) is 18.8 Å². The topological polar surface area (TPSA) is 107 Å². The molecule has 0 radical (unpaired) electrons. The molecule has 0 aromatic heterocycles. The van der Waals surface area contributed by atoms with Crippen molar-refractivity contribution in [2.24, 2.45) is 5.92 Å². The van der Waals surface area contributed by atoms with Crippen molar-refractivity contribution in [1.82, 2.24) is 10.2 Å². The van der Waals surface area contributed by atoms with Crippen molar-refractivity contribution in [1.29, 1.82) is 0 Å². The first-order chi connectivity index (χ1) is 8.93. The minimum atomic E-state index is -1.21. The van der Waals surface area contributed by atoms with E-state index in [4.69, 9.17) is 10.2 Å². The highest BCUT2D eigenvalue weighted by molar-refractivity contribution is 5.83. The fourth-order valence-electron chi connectivity index (χ4n) is 2.12. The lowest BCUT2D eigenvalue weighted by Crippen LogP contribution is -2.47. The highest BCUT2D eigenvalue weighted by Gasteiger charge is 2.28. The van der Waals surface area contributed by atoms with E-state index < -0.39 is 24.0 Å². The lowest BCUT2D eigenvalue weighted by atomic mass is 10.1. The molecule has 108 valence electrons. The van der Waals surface area contributed by atoms with Crippen LogP contribution < -0.4 is 5.32 Å². The van der Waals surface area contributed by atoms with Gasteiger partial charge in [0.1, 0.15) is 6.04 Å². The van der Waals surface area contributed by atoms with Gasteiger partial charge in [0.25, 0.3) is 0 Å². The average molecular weight is 272 g/mol. The first-order valence-electron chi connectivity index (χ1n) is 6.44. The van der Waals surface area contributed by atoms with E-state index in [9.17, 15) is 14.4 Å². The van der Waals surface area contributed by atoms with E-state index in [1.807, 2.05) is 0 Å². The van der Waals surface area contributed by atoms with Gasteiger partial charge in [-0.15, -0.1) is 0 Å². The van der Waals surface area contributed by atoms with Crippen LogP contribution in [0.2, 0.25) is 0 Å². The molecule has 0 spiro atoms. The number of likely N-dealkylation sites (tertiary alicyclic amines) is 1. The molecule has 1 heterocycles. The van der Waals surface area contributed by atoms with Crippen LogP contribution >= 0.6 is 0 Å². The molecule has 1 aliphatic heterocycles. The number of urea groups is 1. The van der Waals surface area contributed by atoms with E-state index in [0.717, 1.165) is 12.8 Å². The Morgan fingerprint density at radius 2 is 2.05 bits per heavy atom. The molecule has 0 aliphatic carbocycles. The second-order valence-electron chi connectivity index (χ2n) is 4.78. The molecule has 1 rings (SSSR count). The quantitative estimate of drug-likeness (QED) is 0.661. The molecule has 7 nitrogen and oxygen atoms in total. The molecule has 0 aromatic carbocycles. The molecule has 7 heteroatoms. The zero-order valence-corrected chi connectivity index (χ0v) is 11.0. The van der Waals surface area contributed by atoms with Gasteiger partial charge in [0.05, 0.1) is 0 Å². The Kier molecular flexibility index (Phi) is 5.59. The van der Waals surface area contributed by atoms with Crippen LogP contribution in [-0.2, 0) is 9.59 Å². The summed E-state index contributed by atoms with van der Waals surface area (Å²) in [6.45, 7) is 3.31. The molecule has 1 saturated heterocycles. The van der Waals surface area contributed by atoms with Crippen LogP contribution in [0.1, 0.15) is 32.6 Å². The van der Waals surface area contributed by atoms with Gasteiger partial charge in [-0.3, -0.25) is 4.79 Å². The number of hydrogen-bond acceptors (Lipinski definition) is 3. The minimum Gasteiger partial charge on any atom is -0.481 e. The first-order valence-corrected chi connectivity index (χ1v) is 6.44. The Bertz CT molecular complexity index is 358. The third-order valence-electron chi connectivity index (χ3n) is 3.39. The Morgan fingerprint density at radius 1 is 1.37 bits per heavy atom. The van der Waals surface area contributed by atoms with E-state index in [-0.39, 0.29) is 12.8 Å². The summed E-state index contributed by atoms with van der Waals surface area (Å²) in [5, 5.41) is 19.9. The largest absolute Gasteiger partial charge is 0.481 e. The van der Waals surface area contributed by atoms with Crippen molar-refractivity contribution >= 4 is 18.0 Å². The van der Waals surface area contributed by atoms with Gasteiger partial charge < -0.3 is 20.4 Å². The van der Waals surface area contributed by atoms with Crippen molar-refractivity contribution in [3.63, 3.8) is 0 Å². The summed E-state index contributed by atoms with van der Waals surface area (Å²) in [5.41, 5.74) is 0. The van der Waals surface area contributed by atoms with Crippen LogP contribution in [0.5, 0.6) is 0 Å². The molecule has 2 atom stereocenters. The van der Waals surface area contributed by atoms with Crippen LogP contribution in [0.3, 0.4) is 0 Å². The molecular weight excluding hydrogens is 252 g/mol. The summed E-state index contributed by atoms with van der Waals surface area (Å²) in [6.07, 6.45) is 1.53. The Morgan fingerprint density at radius 3 is 2.53 bits per heavy atom. The predicted octanol–water partition coefficient (Wildman–Crippen LogP) is 0.746. The van der Waals surface area contributed by atoms with Crippen molar-refractivity contribution in [3.8, 4) is 0 Å². The zero-order valence-electron chi connectivity index (χ0n) is 11.0. The summed E-state index contributed by atoms with van der Waals surface area (Å²) < 4.78 is 0. The van der Waals surface area contributed by atoms with Gasteiger partial charge >= 0.3 is 18.0 Å². The third-order valence-corrected chi connectivity index (χ3v) is 3.39. The van der Waals surface area contributed by atoms with Crippen molar-refractivity contribution in [3.05, 3.63) is 0 Å². The van der Waals surface area contributed by atoms with Crippen molar-refractivity contribution in [2.75, 3.05) is 13.1 Å². The summed E-state index contributed by atoms with van der Waals surface area (Å²) in [5.74, 6) is -1.82. The molecule has 0 aromatic rings. The maximum absolute atomic E-state index is 11.9. The second kappa shape index (κ2) is 6.96. The van der Waals surface area contributed by atoms with Gasteiger partial charge in [-0.25, -0.2) is 9.59 Å². The van der Waals surface area contributed by atoms with E-state index in [1.165, 1.54) is 0 Å². The van der Waals surface area contributed by atoms with Crippen LogP contribution in [-0.4, -0.2) is 52.2 Å². The monoisotopic (exact) mass is 272 g/mol. The van der Waals surface area contributed by atoms with Gasteiger partial charge in [0.2, 0.25) is 0 Å². The lowest BCUT2D eigenvalue weighted by Gasteiger charge is -2.20. The van der Waals surface area contributed by atoms with E-state index in [1.54, 1.807) is 4.90 Å². The molecule has 1 fully saturated rings. The lowest BCUT2D eigenvalue weighted by molar-refractivity contribution is -0.140. The number of carboxylic acids is 2. The number of carboxylic acid groups (broad SMARTS) is 2. The molecule has 3 N–H and O–H groups in total. The van der Waals surface area contributed by atoms with E-state index >= 15 is 0 Å². The van der Waals surface area contributed by atoms with E-state index in [2.05, 4.69) is 12.2 Å². The number of carbonyl (C=O) groups is 3. The second-order valence-corrected chi connectivity index (χ2v) is 4.78. The van der Waals surface area contributed by atoms with Crippen LogP contribution in [0.15, 0.2) is 0 Å². The number of rotatable bonds is 6. The molecule has 0 bridgehead atoms. The van der Waals surface area contributed by atoms with Gasteiger partial charge in [-0.2, -0.15) is 0 Å². The minimum absolute atomic E-state index is 0.110. The number of carbonyl (C=O) groups excluding carboxylic acids is 1. The Balaban J connectivity index is 2.47. The van der Waals surface area contributed by atoms with E-state index in [0.29, 0.717) is 19.0 Å². The third kappa shape index (κ3) is 4.76. The number of aliphatic carboxylic acids is 2. The fourth-order valence-corrected chi connectivity index (χ4v) is 2.12. The normalized spacial score (nSPS) is 20.1. The number of nitrogens with zero attached hydrogens (tertiary/aromatic N) is 1. The van der Waals surface area contributed by atoms with Crippen molar-refractivity contribution in [2.45, 2.75) is 38.6 Å². The molecule has 0 saturated carbocycles. The van der Waals surface area contributed by atoms with Crippen molar-refractivity contribution < 1.29 is 24.6 Å². The smallest absolute Gasteiger partial charge is 0.326 e. The molecule has 19 heavy (non-hydrogen) atoms. The average Bonchev–Trinajstić information content (AvgIpc) is 2.82. The summed E-state index contributed by atoms with van der Waals surface area (Å²) >= 11 is 0. The first kappa shape index (κ1) is 15.3. The van der Waals surface area contributed by atoms with Crippen LogP contribution in [0, 0.1) is 5.92 Å². The maximum Gasteiger partial charge on any atom is 0.326 e.